The third kappa shape index (κ3) is 3.55. The molecule has 0 aromatic carbocycles. The van der Waals surface area contributed by atoms with Crippen LogP contribution in [-0.4, -0.2) is 41.4 Å². The lowest BCUT2D eigenvalue weighted by atomic mass is 9.99. The van der Waals surface area contributed by atoms with E-state index in [0.717, 1.165) is 25.7 Å². The van der Waals surface area contributed by atoms with Crippen LogP contribution >= 0.6 is 11.3 Å². The van der Waals surface area contributed by atoms with Gasteiger partial charge in [0.2, 0.25) is 5.91 Å². The first-order valence-electron chi connectivity index (χ1n) is 8.03. The highest BCUT2D eigenvalue weighted by molar-refractivity contribution is 7.09. The molecular weight excluding hydrogens is 314 g/mol. The summed E-state index contributed by atoms with van der Waals surface area (Å²) in [6.07, 6.45) is 5.07. The molecule has 0 bridgehead atoms. The van der Waals surface area contributed by atoms with E-state index in [0.29, 0.717) is 25.9 Å². The molecule has 124 valence electrons. The highest BCUT2D eigenvalue weighted by Crippen LogP contribution is 2.25. The number of amides is 4. The van der Waals surface area contributed by atoms with Crippen molar-refractivity contribution < 1.29 is 14.4 Å². The highest BCUT2D eigenvalue weighted by atomic mass is 32.1. The largest absolute Gasteiger partial charge is 0.340 e. The Morgan fingerprint density at radius 1 is 1.30 bits per heavy atom. The van der Waals surface area contributed by atoms with Gasteiger partial charge in [0.25, 0.3) is 5.91 Å². The van der Waals surface area contributed by atoms with Crippen LogP contribution in [-0.2, 0) is 16.0 Å². The summed E-state index contributed by atoms with van der Waals surface area (Å²) < 4.78 is 0. The maximum absolute atomic E-state index is 12.2. The van der Waals surface area contributed by atoms with Gasteiger partial charge >= 0.3 is 6.03 Å². The molecular formula is C16H21N3O3S. The van der Waals surface area contributed by atoms with Gasteiger partial charge in [-0.3, -0.25) is 14.9 Å². The first-order chi connectivity index (χ1) is 11.1. The Labute approximate surface area is 139 Å². The van der Waals surface area contributed by atoms with Gasteiger partial charge in [-0.05, 0) is 37.1 Å². The standard InChI is InChI=1S/C16H21N3O3S/c20-13(7-3-1-2-5-12-6-4-10-23-12)19-9-8-16(11-19)14(21)17-15(22)18-16/h4,6,10H,1-3,5,7-9,11H2,(H2,17,18,21,22). The summed E-state index contributed by atoms with van der Waals surface area (Å²) in [5.41, 5.74) is -0.897. The van der Waals surface area contributed by atoms with Crippen molar-refractivity contribution in [2.24, 2.45) is 0 Å². The van der Waals surface area contributed by atoms with Crippen LogP contribution in [0.3, 0.4) is 0 Å². The number of rotatable bonds is 6. The zero-order valence-electron chi connectivity index (χ0n) is 13.0. The molecule has 2 fully saturated rings. The number of hydrogen-bond donors (Lipinski definition) is 2. The Hall–Kier alpha value is -1.89. The Morgan fingerprint density at radius 3 is 2.87 bits per heavy atom. The second-order valence-electron chi connectivity index (χ2n) is 6.20. The maximum atomic E-state index is 12.2. The fraction of sp³-hybridized carbons (Fsp3) is 0.562. The van der Waals surface area contributed by atoms with E-state index >= 15 is 0 Å². The molecule has 1 aromatic rings. The number of thiophene rings is 1. The lowest BCUT2D eigenvalue weighted by Gasteiger charge is -2.21. The van der Waals surface area contributed by atoms with E-state index in [9.17, 15) is 14.4 Å². The van der Waals surface area contributed by atoms with Crippen molar-refractivity contribution >= 4 is 29.2 Å². The van der Waals surface area contributed by atoms with Crippen LogP contribution in [0.5, 0.6) is 0 Å². The van der Waals surface area contributed by atoms with Crippen LogP contribution in [0.4, 0.5) is 4.79 Å². The van der Waals surface area contributed by atoms with E-state index in [-0.39, 0.29) is 11.8 Å². The molecule has 3 heterocycles. The topological polar surface area (TPSA) is 78.5 Å². The van der Waals surface area contributed by atoms with Crippen molar-refractivity contribution in [2.45, 2.75) is 44.1 Å². The van der Waals surface area contributed by atoms with Gasteiger partial charge in [0.1, 0.15) is 5.54 Å². The smallest absolute Gasteiger partial charge is 0.322 e. The summed E-state index contributed by atoms with van der Waals surface area (Å²) in [5, 5.41) is 7.00. The predicted molar refractivity (Wildman–Crippen MR) is 87.1 cm³/mol. The number of unbranched alkanes of at least 4 members (excludes halogenated alkanes) is 2. The number of carbonyl (C=O) groups excluding carboxylic acids is 3. The van der Waals surface area contributed by atoms with E-state index in [2.05, 4.69) is 28.1 Å². The van der Waals surface area contributed by atoms with Crippen molar-refractivity contribution in [3.8, 4) is 0 Å². The number of urea groups is 1. The third-order valence-corrected chi connectivity index (χ3v) is 5.47. The summed E-state index contributed by atoms with van der Waals surface area (Å²) in [7, 11) is 0. The molecule has 0 aliphatic carbocycles. The Balaban J connectivity index is 1.38. The number of nitrogens with one attached hydrogen (secondary N) is 2. The number of nitrogens with zero attached hydrogens (tertiary/aromatic N) is 1. The molecule has 2 aliphatic heterocycles. The molecule has 1 atom stereocenters. The van der Waals surface area contributed by atoms with E-state index in [1.807, 2.05) is 0 Å². The van der Waals surface area contributed by atoms with Crippen molar-refractivity contribution in [3.63, 3.8) is 0 Å². The Morgan fingerprint density at radius 2 is 2.17 bits per heavy atom. The molecule has 4 amide bonds. The summed E-state index contributed by atoms with van der Waals surface area (Å²) in [6, 6.07) is 3.74. The maximum Gasteiger partial charge on any atom is 0.322 e. The third-order valence-electron chi connectivity index (χ3n) is 4.53. The molecule has 3 rings (SSSR count). The number of likely N-dealkylation sites (tertiary alicyclic amines) is 1. The average molecular weight is 335 g/mol. The molecule has 0 radical (unpaired) electrons. The van der Waals surface area contributed by atoms with Crippen molar-refractivity contribution in [3.05, 3.63) is 22.4 Å². The Kier molecular flexibility index (Phi) is 4.66. The van der Waals surface area contributed by atoms with Gasteiger partial charge in [-0.1, -0.05) is 12.5 Å². The monoisotopic (exact) mass is 335 g/mol. The molecule has 2 aliphatic rings. The van der Waals surface area contributed by atoms with Gasteiger partial charge in [0.05, 0.1) is 6.54 Å². The molecule has 6 nitrogen and oxygen atoms in total. The van der Waals surface area contributed by atoms with E-state index in [4.69, 9.17) is 0 Å². The van der Waals surface area contributed by atoms with Gasteiger partial charge in [0.15, 0.2) is 0 Å². The summed E-state index contributed by atoms with van der Waals surface area (Å²) >= 11 is 1.77. The molecule has 1 spiro atoms. The minimum absolute atomic E-state index is 0.0759. The fourth-order valence-corrected chi connectivity index (χ4v) is 3.95. The molecule has 2 saturated heterocycles. The van der Waals surface area contributed by atoms with Crippen LogP contribution in [0.15, 0.2) is 17.5 Å². The van der Waals surface area contributed by atoms with Crippen LogP contribution in [0.2, 0.25) is 0 Å². The first kappa shape index (κ1) is 16.0. The molecule has 7 heteroatoms. The van der Waals surface area contributed by atoms with E-state index < -0.39 is 11.6 Å². The fourth-order valence-electron chi connectivity index (χ4n) is 3.20. The molecule has 2 N–H and O–H groups in total. The van der Waals surface area contributed by atoms with E-state index in [1.54, 1.807) is 16.2 Å². The van der Waals surface area contributed by atoms with Gasteiger partial charge in [0, 0.05) is 17.8 Å². The quantitative estimate of drug-likeness (QED) is 0.613. The van der Waals surface area contributed by atoms with Crippen molar-refractivity contribution in [1.29, 1.82) is 0 Å². The van der Waals surface area contributed by atoms with Crippen molar-refractivity contribution in [1.82, 2.24) is 15.5 Å². The van der Waals surface area contributed by atoms with Gasteiger partial charge in [-0.2, -0.15) is 0 Å². The predicted octanol–water partition coefficient (Wildman–Crippen LogP) is 1.66. The minimum Gasteiger partial charge on any atom is -0.340 e. The number of hydrogen-bond acceptors (Lipinski definition) is 4. The number of imide groups is 1. The summed E-state index contributed by atoms with van der Waals surface area (Å²) in [5.74, 6) is -0.235. The first-order valence-corrected chi connectivity index (χ1v) is 8.91. The van der Waals surface area contributed by atoms with E-state index in [1.165, 1.54) is 4.88 Å². The zero-order valence-corrected chi connectivity index (χ0v) is 13.8. The number of carbonyl (C=O) groups is 3. The summed E-state index contributed by atoms with van der Waals surface area (Å²) in [4.78, 5) is 38.5. The molecule has 1 unspecified atom stereocenters. The zero-order chi connectivity index (χ0) is 16.3. The lowest BCUT2D eigenvalue weighted by Crippen LogP contribution is -2.49. The van der Waals surface area contributed by atoms with Gasteiger partial charge in [-0.25, -0.2) is 4.79 Å². The second-order valence-corrected chi connectivity index (χ2v) is 7.23. The Bertz CT molecular complexity index is 602. The molecule has 1 aromatic heterocycles. The minimum atomic E-state index is -0.897. The average Bonchev–Trinajstić information content (AvgIpc) is 3.21. The normalized spacial score (nSPS) is 23.4. The number of aryl methyl sites for hydroxylation is 1. The second kappa shape index (κ2) is 6.70. The molecule has 0 saturated carbocycles. The van der Waals surface area contributed by atoms with Crippen LogP contribution in [0, 0.1) is 0 Å². The molecule has 23 heavy (non-hydrogen) atoms. The van der Waals surface area contributed by atoms with Crippen molar-refractivity contribution in [2.75, 3.05) is 13.1 Å². The summed E-state index contributed by atoms with van der Waals surface area (Å²) in [6.45, 7) is 0.820. The van der Waals surface area contributed by atoms with Crippen LogP contribution in [0.1, 0.15) is 37.0 Å². The van der Waals surface area contributed by atoms with Crippen LogP contribution < -0.4 is 10.6 Å². The highest BCUT2D eigenvalue weighted by Gasteiger charge is 2.51. The van der Waals surface area contributed by atoms with Crippen LogP contribution in [0.25, 0.3) is 0 Å². The van der Waals surface area contributed by atoms with Gasteiger partial charge in [-0.15, -0.1) is 11.3 Å². The van der Waals surface area contributed by atoms with Gasteiger partial charge < -0.3 is 10.2 Å². The SMILES string of the molecule is O=C1NC(=O)C2(CCN(C(=O)CCCCCc3cccs3)C2)N1. The lowest BCUT2D eigenvalue weighted by molar-refractivity contribution is -0.130.